The monoisotopic (exact) mass is 588 g/mol. The summed E-state index contributed by atoms with van der Waals surface area (Å²) in [5, 5.41) is 8.96. The zero-order valence-corrected chi connectivity index (χ0v) is 26.7. The summed E-state index contributed by atoms with van der Waals surface area (Å²) in [5.41, 5.74) is -1.62. The molecule has 0 aromatic carbocycles. The van der Waals surface area contributed by atoms with E-state index in [0.29, 0.717) is 25.3 Å². The Labute approximate surface area is 240 Å². The van der Waals surface area contributed by atoms with E-state index < -0.39 is 41.9 Å². The molecule has 0 aromatic rings. The predicted molar refractivity (Wildman–Crippen MR) is 155 cm³/mol. The lowest BCUT2D eigenvalue weighted by atomic mass is 9.87. The quantitative estimate of drug-likeness (QED) is 0.206. The van der Waals surface area contributed by atoms with Gasteiger partial charge in [0.05, 0.1) is 6.61 Å². The van der Waals surface area contributed by atoms with Gasteiger partial charge >= 0.3 is 18.2 Å². The molecule has 2 fully saturated rings. The lowest BCUT2D eigenvalue weighted by molar-refractivity contribution is -0.141. The minimum atomic E-state index is -3.50. The Morgan fingerprint density at radius 3 is 2.05 bits per heavy atom. The third kappa shape index (κ3) is 10.0. The van der Waals surface area contributed by atoms with Gasteiger partial charge in [-0.05, 0) is 86.6 Å². The fraction of sp³-hybridized carbons (Fsp3) is 0.897. The van der Waals surface area contributed by atoms with Crippen LogP contribution in [0.25, 0.3) is 0 Å². The first-order valence-corrected chi connectivity index (χ1v) is 16.8. The minimum absolute atomic E-state index is 0.0101. The number of carboxylic acids is 1. The largest absolute Gasteiger partial charge is 0.480 e. The van der Waals surface area contributed by atoms with Gasteiger partial charge in [0, 0.05) is 25.8 Å². The predicted octanol–water partition coefficient (Wildman–Crippen LogP) is 6.75. The summed E-state index contributed by atoms with van der Waals surface area (Å²) < 4.78 is 30.6. The van der Waals surface area contributed by atoms with Crippen LogP contribution in [0.5, 0.6) is 0 Å². The molecule has 2 aliphatic rings. The molecule has 1 saturated heterocycles. The third-order valence-corrected chi connectivity index (χ3v) is 10.9. The zero-order valence-electron chi connectivity index (χ0n) is 25.8. The summed E-state index contributed by atoms with van der Waals surface area (Å²) in [6.45, 7) is 13.7. The van der Waals surface area contributed by atoms with Crippen LogP contribution in [-0.4, -0.2) is 88.4 Å². The Kier molecular flexibility index (Phi) is 12.5. The minimum Gasteiger partial charge on any atom is -0.480 e. The first kappa shape index (κ1) is 34.6. The Morgan fingerprint density at radius 1 is 0.975 bits per heavy atom. The standard InChI is InChI=1S/C29H53N2O8P/c1-8-37-40(36)21-20-30(19-16-23-14-10-9-11-15-23)22-29(40,24(32)33)17-12-13-18-31(25(34)38-27(2,3)4)26(35)39-28(5,6)7/h23H,8-22H2,1-7H3,(H,32,33). The van der Waals surface area contributed by atoms with E-state index in [9.17, 15) is 24.1 Å². The van der Waals surface area contributed by atoms with Gasteiger partial charge in [-0.3, -0.25) is 9.36 Å². The zero-order chi connectivity index (χ0) is 30.2. The van der Waals surface area contributed by atoms with E-state index in [0.717, 1.165) is 17.9 Å². The number of carbonyl (C=O) groups is 3. The Balaban J connectivity index is 2.14. The average molecular weight is 589 g/mol. The van der Waals surface area contributed by atoms with Crippen molar-refractivity contribution in [2.45, 2.75) is 123 Å². The molecule has 40 heavy (non-hydrogen) atoms. The number of carboxylic acid groups (broad SMARTS) is 1. The lowest BCUT2D eigenvalue weighted by Crippen LogP contribution is -2.55. The maximum absolute atomic E-state index is 14.0. The molecule has 2 amide bonds. The van der Waals surface area contributed by atoms with Crippen LogP contribution in [-0.2, 0) is 23.4 Å². The molecule has 0 aromatic heterocycles. The van der Waals surface area contributed by atoms with E-state index in [-0.39, 0.29) is 32.3 Å². The molecule has 0 radical (unpaired) electrons. The van der Waals surface area contributed by atoms with Crippen LogP contribution in [0.15, 0.2) is 0 Å². The highest BCUT2D eigenvalue weighted by atomic mass is 31.2. The van der Waals surface area contributed by atoms with Crippen molar-refractivity contribution in [2.75, 3.05) is 38.9 Å². The van der Waals surface area contributed by atoms with Crippen LogP contribution in [0.3, 0.4) is 0 Å². The molecule has 2 unspecified atom stereocenters. The number of imide groups is 1. The lowest BCUT2D eigenvalue weighted by Gasteiger charge is -2.45. The van der Waals surface area contributed by atoms with E-state index in [1.54, 1.807) is 48.5 Å². The molecule has 2 rings (SSSR count). The van der Waals surface area contributed by atoms with Crippen LogP contribution < -0.4 is 0 Å². The van der Waals surface area contributed by atoms with E-state index in [2.05, 4.69) is 4.90 Å². The molecule has 1 aliphatic heterocycles. The maximum atomic E-state index is 14.0. The molecule has 0 bridgehead atoms. The number of rotatable bonds is 11. The molecule has 1 saturated carbocycles. The summed E-state index contributed by atoms with van der Waals surface area (Å²) in [6.07, 6.45) is 6.61. The van der Waals surface area contributed by atoms with E-state index in [1.165, 1.54) is 32.1 Å². The van der Waals surface area contributed by atoms with Crippen molar-refractivity contribution < 1.29 is 38.1 Å². The third-order valence-electron chi connectivity index (χ3n) is 7.61. The van der Waals surface area contributed by atoms with Crippen LogP contribution >= 0.6 is 7.37 Å². The van der Waals surface area contributed by atoms with Gasteiger partial charge in [-0.15, -0.1) is 0 Å². The topological polar surface area (TPSA) is 123 Å². The number of nitrogens with zero attached hydrogens (tertiary/aromatic N) is 2. The highest BCUT2D eigenvalue weighted by Crippen LogP contribution is 2.63. The highest BCUT2D eigenvalue weighted by Gasteiger charge is 2.58. The number of hydrogen-bond acceptors (Lipinski definition) is 8. The Bertz CT molecular complexity index is 879. The van der Waals surface area contributed by atoms with Gasteiger partial charge in [0.15, 0.2) is 5.16 Å². The number of carbonyl (C=O) groups excluding carboxylic acids is 2. The van der Waals surface area contributed by atoms with Crippen molar-refractivity contribution >= 4 is 25.5 Å². The maximum Gasteiger partial charge on any atom is 0.419 e. The molecule has 1 heterocycles. The van der Waals surface area contributed by atoms with Gasteiger partial charge < -0.3 is 24.0 Å². The van der Waals surface area contributed by atoms with Gasteiger partial charge in [-0.2, -0.15) is 0 Å². The van der Waals surface area contributed by atoms with Crippen LogP contribution in [0.1, 0.15) is 106 Å². The van der Waals surface area contributed by atoms with Gasteiger partial charge in [-0.1, -0.05) is 32.1 Å². The number of ether oxygens (including phenoxy) is 2. The average Bonchev–Trinajstić information content (AvgIpc) is 2.82. The summed E-state index contributed by atoms with van der Waals surface area (Å²) in [5.74, 6) is -0.442. The van der Waals surface area contributed by atoms with E-state index in [4.69, 9.17) is 14.0 Å². The number of aliphatic carboxylic acids is 1. The summed E-state index contributed by atoms with van der Waals surface area (Å²) in [7, 11) is -3.50. The van der Waals surface area contributed by atoms with Crippen molar-refractivity contribution in [3.05, 3.63) is 0 Å². The second kappa shape index (κ2) is 14.5. The van der Waals surface area contributed by atoms with Crippen molar-refractivity contribution in [3.8, 4) is 0 Å². The first-order valence-electron chi connectivity index (χ1n) is 14.9. The molecule has 232 valence electrons. The van der Waals surface area contributed by atoms with Gasteiger partial charge in [0.2, 0.25) is 7.37 Å². The van der Waals surface area contributed by atoms with Gasteiger partial charge in [0.25, 0.3) is 0 Å². The molecule has 1 N–H and O–H groups in total. The second-order valence-corrected chi connectivity index (χ2v) is 16.2. The van der Waals surface area contributed by atoms with Gasteiger partial charge in [-0.25, -0.2) is 14.5 Å². The van der Waals surface area contributed by atoms with Crippen molar-refractivity contribution in [3.63, 3.8) is 0 Å². The van der Waals surface area contributed by atoms with E-state index >= 15 is 0 Å². The van der Waals surface area contributed by atoms with Crippen LogP contribution in [0, 0.1) is 5.92 Å². The molecule has 1 aliphatic carbocycles. The molecule has 0 spiro atoms. The van der Waals surface area contributed by atoms with Crippen molar-refractivity contribution in [1.29, 1.82) is 0 Å². The SMILES string of the molecule is CCOP1(=O)CCN(CCC2CCCCC2)CC1(CCCCN(C(=O)OC(C)(C)C)C(=O)OC(C)(C)C)C(=O)O. The molecule has 10 nitrogen and oxygen atoms in total. The first-order chi connectivity index (χ1) is 18.5. The van der Waals surface area contributed by atoms with Crippen LogP contribution in [0.4, 0.5) is 9.59 Å². The molecule has 2 atom stereocenters. The fourth-order valence-electron chi connectivity index (χ4n) is 5.62. The van der Waals surface area contributed by atoms with Gasteiger partial charge in [0.1, 0.15) is 11.2 Å². The van der Waals surface area contributed by atoms with Crippen LogP contribution in [0.2, 0.25) is 0 Å². The smallest absolute Gasteiger partial charge is 0.419 e. The van der Waals surface area contributed by atoms with Crippen molar-refractivity contribution in [2.24, 2.45) is 5.92 Å². The number of amides is 2. The Morgan fingerprint density at radius 2 is 1.55 bits per heavy atom. The number of hydrogen-bond donors (Lipinski definition) is 1. The molecule has 11 heteroatoms. The molecular formula is C29H53N2O8P. The molecular weight excluding hydrogens is 535 g/mol. The fourth-order valence-corrected chi connectivity index (χ4v) is 8.59. The summed E-state index contributed by atoms with van der Waals surface area (Å²) >= 11 is 0. The highest BCUT2D eigenvalue weighted by molar-refractivity contribution is 7.62. The Hall–Kier alpha value is -1.64. The normalized spacial score (nSPS) is 24.9. The number of unbranched alkanes of at least 4 members (excludes halogenated alkanes) is 1. The second-order valence-electron chi connectivity index (χ2n) is 13.3. The summed E-state index contributed by atoms with van der Waals surface area (Å²) in [4.78, 5) is 41.6. The van der Waals surface area contributed by atoms with Crippen molar-refractivity contribution in [1.82, 2.24) is 9.80 Å². The van der Waals surface area contributed by atoms with E-state index in [1.807, 2.05) is 0 Å². The summed E-state index contributed by atoms with van der Waals surface area (Å²) in [6, 6.07) is 0.